The predicted octanol–water partition coefficient (Wildman–Crippen LogP) is 24.1. The molecule has 11 aromatic rings. The van der Waals surface area contributed by atoms with Gasteiger partial charge in [0.1, 0.15) is 11.6 Å². The van der Waals surface area contributed by atoms with Crippen molar-refractivity contribution in [3.8, 4) is 22.5 Å². The minimum Gasteiger partial charge on any atom is -0.393 e. The van der Waals surface area contributed by atoms with E-state index in [4.69, 9.17) is 0 Å². The lowest BCUT2D eigenvalue weighted by Crippen LogP contribution is -2.56. The van der Waals surface area contributed by atoms with Crippen LogP contribution in [0, 0.1) is 58.2 Å². The van der Waals surface area contributed by atoms with Gasteiger partial charge in [-0.1, -0.05) is 293 Å². The monoisotopic (exact) mass is 1710 g/mol. The van der Waals surface area contributed by atoms with E-state index in [1.54, 1.807) is 24.3 Å². The molecule has 2 N–H and O–H groups in total. The Bertz CT molecular complexity index is 6160. The minimum atomic E-state index is -0.964. The van der Waals surface area contributed by atoms with Gasteiger partial charge in [-0.2, -0.15) is 0 Å². The zero-order valence-electron chi connectivity index (χ0n) is 77.9. The lowest BCUT2D eigenvalue weighted by molar-refractivity contribution is 0.0922. The van der Waals surface area contributed by atoms with E-state index in [0.717, 1.165) is 118 Å². The van der Waals surface area contributed by atoms with Gasteiger partial charge in [-0.05, 0) is 293 Å². The zero-order valence-corrected chi connectivity index (χ0v) is 77.9. The largest absolute Gasteiger partial charge is 0.393 e. The normalized spacial score (nSPS) is 25.6. The molecule has 0 saturated heterocycles. The zero-order chi connectivity index (χ0) is 89.6. The van der Waals surface area contributed by atoms with E-state index in [1.165, 1.54) is 160 Å². The van der Waals surface area contributed by atoms with Crippen LogP contribution < -0.4 is 32.6 Å². The third-order valence-corrected chi connectivity index (χ3v) is 31.7. The predicted molar refractivity (Wildman–Crippen MR) is 527 cm³/mol. The number of anilines is 2. The molecule has 5 heterocycles. The maximum absolute atomic E-state index is 14.3. The second-order valence-corrected chi connectivity index (χ2v) is 40.8. The molecular formula is C114H136N8O6. The van der Waals surface area contributed by atoms with Gasteiger partial charge >= 0.3 is 22.8 Å². The summed E-state index contributed by atoms with van der Waals surface area (Å²) in [7, 11) is 7.88. The van der Waals surface area contributed by atoms with Crippen LogP contribution in [-0.2, 0) is 12.1 Å². The molecule has 9 aromatic carbocycles. The number of nitrogens with zero attached hydrogens (tertiary/aromatic N) is 8. The molecule has 14 heteroatoms. The van der Waals surface area contributed by atoms with E-state index in [9.17, 15) is 29.4 Å². The second kappa shape index (κ2) is 37.3. The Balaban J connectivity index is 0.000000124. The van der Waals surface area contributed by atoms with Gasteiger partial charge in [0, 0.05) is 39.6 Å². The average molecular weight is 1710 g/mol. The minimum absolute atomic E-state index is 0.172. The molecule has 2 bridgehead atoms. The van der Waals surface area contributed by atoms with Crippen LogP contribution >= 0.6 is 0 Å². The lowest BCUT2D eigenvalue weighted by atomic mass is 9.60. The molecule has 128 heavy (non-hydrogen) atoms. The van der Waals surface area contributed by atoms with Crippen molar-refractivity contribution in [2.24, 2.45) is 58.2 Å². The number of allylic oxidation sites excluding steroid dienone is 7. The van der Waals surface area contributed by atoms with Crippen molar-refractivity contribution in [2.45, 2.75) is 233 Å². The highest BCUT2D eigenvalue weighted by Gasteiger charge is 2.57. The van der Waals surface area contributed by atoms with Crippen LogP contribution in [0.2, 0.25) is 0 Å². The second-order valence-electron chi connectivity index (χ2n) is 40.8. The summed E-state index contributed by atoms with van der Waals surface area (Å²) in [6.07, 6.45) is 32.2. The summed E-state index contributed by atoms with van der Waals surface area (Å²) in [5.74, 6) is 6.10. The first-order chi connectivity index (χ1) is 61.8. The van der Waals surface area contributed by atoms with E-state index in [0.29, 0.717) is 42.1 Å². The summed E-state index contributed by atoms with van der Waals surface area (Å²) < 4.78 is 9.41. The molecule has 7 aliphatic carbocycles. The molecule has 21 rings (SSSR count). The number of hydrogen-bond donors (Lipinski definition) is 2. The fraction of sp³-hybridized carbons (Fsp3) is 0.439. The molecule has 11 atom stereocenters. The maximum atomic E-state index is 14.3. The van der Waals surface area contributed by atoms with Crippen molar-refractivity contribution in [2.75, 3.05) is 38.0 Å². The van der Waals surface area contributed by atoms with Crippen molar-refractivity contribution in [1.29, 1.82) is 0 Å². The molecule has 10 aliphatic rings. The molecule has 14 nitrogen and oxygen atoms in total. The molecule has 5 fully saturated rings. The van der Waals surface area contributed by atoms with E-state index >= 15 is 0 Å². The number of aromatic nitrogens is 6. The van der Waals surface area contributed by atoms with Gasteiger partial charge in [0.25, 0.3) is 0 Å². The smallest absolute Gasteiger partial charge is 0.353 e. The molecule has 2 unspecified atom stereocenters. The van der Waals surface area contributed by atoms with Crippen molar-refractivity contribution in [3.05, 3.63) is 340 Å². The Morgan fingerprint density at radius 1 is 0.484 bits per heavy atom. The topological polar surface area (TPSA) is 145 Å². The highest BCUT2D eigenvalue weighted by molar-refractivity contribution is 6.12. The number of aliphatic hydroxyl groups excluding tert-OH is 2. The Morgan fingerprint density at radius 2 is 0.961 bits per heavy atom. The van der Waals surface area contributed by atoms with Crippen LogP contribution in [0.4, 0.5) is 11.4 Å². The van der Waals surface area contributed by atoms with Gasteiger partial charge in [-0.3, -0.25) is 0 Å². The Kier molecular flexibility index (Phi) is 26.0. The van der Waals surface area contributed by atoms with Crippen LogP contribution in [0.1, 0.15) is 237 Å². The van der Waals surface area contributed by atoms with Crippen LogP contribution in [0.25, 0.3) is 44.0 Å². The SMILES string of the molecule is C=C1CC[C@H](O)C/C1=C/C=C1\CCC[C@@]2(C)C1CC[C@@H]2[C@H](C)CCCC(C)C.CC(C)CCC[C@@H](C)[C@H]1CC[C@H]2/C(=C/C3C4=C(CC[C@H](O)C4)Cn4c(=O)n(-c5ccc(N(C)C)cc5)c(=O)n43)CCC[C@]12C.CN(C)c1ccc(-n2c(=O)n3n(c2=O)C2(c4ccccc4)c4ccccc4C3c3ccccc32)cc1.c1ccc(-c2c3ccccc3cc3ccccc23)cc1. The third kappa shape index (κ3) is 16.7. The molecule has 0 radical (unpaired) electrons. The van der Waals surface area contributed by atoms with Crippen LogP contribution in [0.5, 0.6) is 0 Å². The van der Waals surface area contributed by atoms with Crippen LogP contribution in [-0.4, -0.2) is 78.5 Å². The molecular weight excluding hydrogens is 1580 g/mol. The quantitative estimate of drug-likeness (QED) is 0.0638. The van der Waals surface area contributed by atoms with Crippen molar-refractivity contribution < 1.29 is 10.2 Å². The molecule has 3 aliphatic heterocycles. The summed E-state index contributed by atoms with van der Waals surface area (Å²) in [6, 6.07) is 71.0. The summed E-state index contributed by atoms with van der Waals surface area (Å²) in [4.78, 5) is 60.6. The number of hydrogen-bond acceptors (Lipinski definition) is 8. The van der Waals surface area contributed by atoms with Gasteiger partial charge in [0.15, 0.2) is 0 Å². The number of aliphatic hydroxyl groups is 2. The summed E-state index contributed by atoms with van der Waals surface area (Å²) in [5, 5.41) is 26.0. The van der Waals surface area contributed by atoms with E-state index in [2.05, 4.69) is 189 Å². The van der Waals surface area contributed by atoms with E-state index in [1.807, 2.05) is 141 Å². The first kappa shape index (κ1) is 89.2. The Morgan fingerprint density at radius 3 is 1.51 bits per heavy atom. The first-order valence-corrected chi connectivity index (χ1v) is 48.3. The first-order valence-electron chi connectivity index (χ1n) is 48.3. The molecule has 0 amide bonds. The number of fused-ring (bicyclic) bond motifs is 5. The molecule has 5 saturated carbocycles. The standard InChI is InChI=1S/C37H54N4O3.C30H24N4O2.C27H44O.C20H14/c1-24(2)9-7-10-25(3)32-18-19-33-26(11-8-20-37(32,33)4)21-34-31-22-30(42)17-12-27(31)23-39-35(43)40(36(44)41(34)39)29-15-13-28(14-16-29)38(5)6;1-31(2)21-16-18-22(19-17-21)32-28(35)33-27-23-12-6-8-14-25(23)30(34(33)29(32)36,20-10-4-3-5-11-20)26-15-9-7-13-24(26)27;1-19(2)8-6-9-21(4)25-15-16-26-22(10-7-17-27(25,26)5)12-13-23-18-24(28)14-11-20(23)3;1-2-8-15(9-3-1)20-18-12-6-4-10-16(18)14-17-11-5-7-13-19(17)20/h13-16,21,24-25,30,32-34,42H,7-12,17-20,22-23H2,1-6H3;3-19,27H,1-2H3;12-13,19,21,24-26,28H,3,6-11,14-18H2,1-2,4-5H3;1-14H/b26-21+;;22-12+,23-13-;/t25-,30+,32-,33+,34?,37-;;21-,24+,25-,26?,27-;/m1.1./s1. The van der Waals surface area contributed by atoms with Crippen molar-refractivity contribution >= 4 is 32.9 Å². The number of rotatable bonds is 18. The van der Waals surface area contributed by atoms with Crippen LogP contribution in [0.3, 0.4) is 0 Å². The van der Waals surface area contributed by atoms with Crippen molar-refractivity contribution in [1.82, 2.24) is 27.9 Å². The van der Waals surface area contributed by atoms with Gasteiger partial charge in [-0.15, -0.1) is 0 Å². The van der Waals surface area contributed by atoms with Gasteiger partial charge in [-0.25, -0.2) is 47.0 Å². The van der Waals surface area contributed by atoms with Gasteiger partial charge in [0.05, 0.1) is 36.2 Å². The lowest BCUT2D eigenvalue weighted by Gasteiger charge is -2.50. The van der Waals surface area contributed by atoms with Gasteiger partial charge < -0.3 is 20.0 Å². The van der Waals surface area contributed by atoms with E-state index in [-0.39, 0.29) is 46.4 Å². The fourth-order valence-corrected chi connectivity index (χ4v) is 25.3. The maximum Gasteiger partial charge on any atom is 0.353 e. The summed E-state index contributed by atoms with van der Waals surface area (Å²) in [5.41, 5.74) is 17.5. The Labute approximate surface area is 758 Å². The molecule has 2 aromatic heterocycles. The highest BCUT2D eigenvalue weighted by atomic mass is 16.3. The number of benzene rings is 9. The van der Waals surface area contributed by atoms with Crippen LogP contribution in [0.15, 0.2) is 290 Å². The van der Waals surface area contributed by atoms with Crippen molar-refractivity contribution in [3.63, 3.8) is 0 Å². The summed E-state index contributed by atoms with van der Waals surface area (Å²) in [6.45, 7) is 24.2. The summed E-state index contributed by atoms with van der Waals surface area (Å²) >= 11 is 0. The Hall–Kier alpha value is -10.8. The average Bonchev–Trinajstić information content (AvgIpc) is 1.45. The highest BCUT2D eigenvalue weighted by Crippen LogP contribution is 2.63. The molecule has 668 valence electrons. The van der Waals surface area contributed by atoms with Gasteiger partial charge in [0.2, 0.25) is 0 Å². The third-order valence-electron chi connectivity index (χ3n) is 31.7. The molecule has 0 spiro atoms. The van der Waals surface area contributed by atoms with E-state index < -0.39 is 11.6 Å². The fourth-order valence-electron chi connectivity index (χ4n) is 25.3.